The second-order valence-electron chi connectivity index (χ2n) is 6.45. The van der Waals surface area contributed by atoms with Gasteiger partial charge in [0.05, 0.1) is 19.2 Å². The smallest absolute Gasteiger partial charge is 0.179 e. The van der Waals surface area contributed by atoms with Crippen molar-refractivity contribution in [2.45, 2.75) is 50.4 Å². The fourth-order valence-corrected chi connectivity index (χ4v) is 4.13. The van der Waals surface area contributed by atoms with E-state index in [0.717, 1.165) is 12.1 Å². The van der Waals surface area contributed by atoms with E-state index in [2.05, 4.69) is 17.3 Å². The molecule has 1 aromatic rings. The SMILES string of the molecule is COc1ccc(CN(C)C2CC3CCC(C2)N3)c(Cl)c1OC.Cl. The molecule has 6 heteroatoms. The largest absolute Gasteiger partial charge is 0.493 e. The molecule has 0 radical (unpaired) electrons. The summed E-state index contributed by atoms with van der Waals surface area (Å²) in [7, 11) is 5.45. The molecule has 3 rings (SSSR count). The van der Waals surface area contributed by atoms with E-state index in [4.69, 9.17) is 21.1 Å². The highest BCUT2D eigenvalue weighted by atomic mass is 35.5. The third-order valence-corrected chi connectivity index (χ3v) is 5.47. The monoisotopic (exact) mass is 360 g/mol. The number of hydrogen-bond donors (Lipinski definition) is 1. The zero-order valence-corrected chi connectivity index (χ0v) is 15.5. The molecule has 0 amide bonds. The summed E-state index contributed by atoms with van der Waals surface area (Å²) in [5.74, 6) is 1.30. The van der Waals surface area contributed by atoms with Crippen molar-refractivity contribution in [3.63, 3.8) is 0 Å². The van der Waals surface area contributed by atoms with Crippen LogP contribution in [0.1, 0.15) is 31.2 Å². The molecule has 2 aliphatic rings. The first-order valence-electron chi connectivity index (χ1n) is 7.98. The second kappa shape index (κ2) is 7.93. The average molecular weight is 361 g/mol. The Hall–Kier alpha value is -0.680. The number of nitrogens with one attached hydrogen (secondary N) is 1. The number of benzene rings is 1. The van der Waals surface area contributed by atoms with Crippen molar-refractivity contribution in [1.29, 1.82) is 0 Å². The van der Waals surface area contributed by atoms with Crippen LogP contribution in [-0.4, -0.2) is 44.3 Å². The number of piperidine rings is 1. The van der Waals surface area contributed by atoms with Gasteiger partial charge in [-0.2, -0.15) is 0 Å². The van der Waals surface area contributed by atoms with Crippen molar-refractivity contribution < 1.29 is 9.47 Å². The van der Waals surface area contributed by atoms with Crippen molar-refractivity contribution in [2.24, 2.45) is 0 Å². The molecule has 4 nitrogen and oxygen atoms in total. The molecule has 2 atom stereocenters. The summed E-state index contributed by atoms with van der Waals surface area (Å²) in [5.41, 5.74) is 1.09. The van der Waals surface area contributed by atoms with Crippen LogP contribution >= 0.6 is 24.0 Å². The molecule has 2 bridgehead atoms. The Morgan fingerprint density at radius 2 is 1.83 bits per heavy atom. The first-order valence-corrected chi connectivity index (χ1v) is 8.35. The van der Waals surface area contributed by atoms with Gasteiger partial charge < -0.3 is 14.8 Å². The molecule has 2 fully saturated rings. The topological polar surface area (TPSA) is 33.7 Å². The minimum absolute atomic E-state index is 0. The fraction of sp³-hybridized carbons (Fsp3) is 0.647. The summed E-state index contributed by atoms with van der Waals surface area (Å²) in [5, 5.41) is 4.35. The highest BCUT2D eigenvalue weighted by Gasteiger charge is 2.35. The fourth-order valence-electron chi connectivity index (χ4n) is 3.84. The molecule has 23 heavy (non-hydrogen) atoms. The van der Waals surface area contributed by atoms with Crippen LogP contribution in [0.25, 0.3) is 0 Å². The third-order valence-electron chi connectivity index (χ3n) is 5.06. The highest BCUT2D eigenvalue weighted by molar-refractivity contribution is 6.33. The number of ether oxygens (including phenoxy) is 2. The molecule has 2 saturated heterocycles. The third kappa shape index (κ3) is 3.87. The van der Waals surface area contributed by atoms with Gasteiger partial charge in [-0.15, -0.1) is 12.4 Å². The maximum atomic E-state index is 6.50. The lowest BCUT2D eigenvalue weighted by Crippen LogP contribution is -2.46. The van der Waals surface area contributed by atoms with Crippen LogP contribution < -0.4 is 14.8 Å². The van der Waals surface area contributed by atoms with Gasteiger partial charge in [-0.3, -0.25) is 4.90 Å². The maximum absolute atomic E-state index is 6.50. The minimum atomic E-state index is 0. The first kappa shape index (κ1) is 18.7. The van der Waals surface area contributed by atoms with E-state index in [1.807, 2.05) is 12.1 Å². The molecule has 0 aromatic heterocycles. The predicted molar refractivity (Wildman–Crippen MR) is 96.2 cm³/mol. The number of fused-ring (bicyclic) bond motifs is 2. The number of rotatable bonds is 5. The standard InChI is InChI=1S/C17H25ClN2O2.ClH/c1-20(14-8-12-5-6-13(9-14)19-12)10-11-4-7-15(21-2)17(22-3)16(11)18;/h4,7,12-14,19H,5-6,8-10H2,1-3H3;1H. The molecule has 130 valence electrons. The Balaban J connectivity index is 0.00000192. The zero-order valence-electron chi connectivity index (χ0n) is 14.0. The molecule has 1 aromatic carbocycles. The van der Waals surface area contributed by atoms with Crippen LogP contribution in [0.15, 0.2) is 12.1 Å². The molecule has 0 spiro atoms. The Labute approximate surface area is 149 Å². The van der Waals surface area contributed by atoms with E-state index >= 15 is 0 Å². The van der Waals surface area contributed by atoms with Gasteiger partial charge in [0, 0.05) is 24.7 Å². The van der Waals surface area contributed by atoms with Crippen molar-refractivity contribution >= 4 is 24.0 Å². The Kier molecular flexibility index (Phi) is 6.43. The van der Waals surface area contributed by atoms with Gasteiger partial charge in [0.2, 0.25) is 0 Å². The summed E-state index contributed by atoms with van der Waals surface area (Å²) in [6.45, 7) is 0.837. The number of hydrogen-bond acceptors (Lipinski definition) is 4. The normalized spacial score (nSPS) is 26.0. The quantitative estimate of drug-likeness (QED) is 0.871. The van der Waals surface area contributed by atoms with Crippen LogP contribution in [0.4, 0.5) is 0 Å². The second-order valence-corrected chi connectivity index (χ2v) is 6.83. The van der Waals surface area contributed by atoms with Gasteiger partial charge in [0.1, 0.15) is 0 Å². The van der Waals surface area contributed by atoms with Crippen molar-refractivity contribution in [3.05, 3.63) is 22.7 Å². The predicted octanol–water partition coefficient (Wildman–Crippen LogP) is 3.49. The van der Waals surface area contributed by atoms with E-state index in [0.29, 0.717) is 34.6 Å². The van der Waals surface area contributed by atoms with Crippen LogP contribution in [0, 0.1) is 0 Å². The maximum Gasteiger partial charge on any atom is 0.179 e. The highest BCUT2D eigenvalue weighted by Crippen LogP contribution is 2.38. The molecule has 0 aliphatic carbocycles. The van der Waals surface area contributed by atoms with Gasteiger partial charge in [-0.25, -0.2) is 0 Å². The molecular formula is C17H26Cl2N2O2. The van der Waals surface area contributed by atoms with Crippen LogP contribution in [0.3, 0.4) is 0 Å². The van der Waals surface area contributed by atoms with Crippen molar-refractivity contribution in [3.8, 4) is 11.5 Å². The van der Waals surface area contributed by atoms with Gasteiger partial charge in [0.15, 0.2) is 11.5 Å². The van der Waals surface area contributed by atoms with Crippen LogP contribution in [-0.2, 0) is 6.54 Å². The van der Waals surface area contributed by atoms with Crippen LogP contribution in [0.5, 0.6) is 11.5 Å². The number of nitrogens with zero attached hydrogens (tertiary/aromatic N) is 1. The van der Waals surface area contributed by atoms with Gasteiger partial charge in [-0.05, 0) is 44.4 Å². The lowest BCUT2D eigenvalue weighted by Gasteiger charge is -2.35. The molecule has 1 N–H and O–H groups in total. The van der Waals surface area contributed by atoms with E-state index < -0.39 is 0 Å². The Bertz CT molecular complexity index is 530. The molecule has 2 heterocycles. The van der Waals surface area contributed by atoms with Crippen LogP contribution in [0.2, 0.25) is 5.02 Å². The lowest BCUT2D eigenvalue weighted by molar-refractivity contribution is 0.166. The van der Waals surface area contributed by atoms with E-state index in [1.165, 1.54) is 25.7 Å². The summed E-state index contributed by atoms with van der Waals surface area (Å²) in [4.78, 5) is 2.43. The molecule has 0 saturated carbocycles. The minimum Gasteiger partial charge on any atom is -0.493 e. The molecule has 2 aliphatic heterocycles. The van der Waals surface area contributed by atoms with E-state index in [9.17, 15) is 0 Å². The molecular weight excluding hydrogens is 335 g/mol. The number of halogens is 2. The van der Waals surface area contributed by atoms with Gasteiger partial charge in [0.25, 0.3) is 0 Å². The summed E-state index contributed by atoms with van der Waals surface area (Å²) in [6.07, 6.45) is 5.12. The zero-order chi connectivity index (χ0) is 15.7. The van der Waals surface area contributed by atoms with E-state index in [1.54, 1.807) is 14.2 Å². The van der Waals surface area contributed by atoms with E-state index in [-0.39, 0.29) is 12.4 Å². The average Bonchev–Trinajstić information content (AvgIpc) is 2.87. The Morgan fingerprint density at radius 1 is 1.17 bits per heavy atom. The number of methoxy groups -OCH3 is 2. The summed E-state index contributed by atoms with van der Waals surface area (Å²) in [6, 6.07) is 6.00. The molecule has 2 unspecified atom stereocenters. The van der Waals surface area contributed by atoms with Crippen molar-refractivity contribution in [1.82, 2.24) is 10.2 Å². The Morgan fingerprint density at radius 3 is 2.39 bits per heavy atom. The summed E-state index contributed by atoms with van der Waals surface area (Å²) < 4.78 is 10.7. The lowest BCUT2D eigenvalue weighted by atomic mass is 9.98. The van der Waals surface area contributed by atoms with Crippen molar-refractivity contribution in [2.75, 3.05) is 21.3 Å². The summed E-state index contributed by atoms with van der Waals surface area (Å²) >= 11 is 6.50. The first-order chi connectivity index (χ1) is 10.6. The van der Waals surface area contributed by atoms with Gasteiger partial charge in [-0.1, -0.05) is 17.7 Å². The van der Waals surface area contributed by atoms with Gasteiger partial charge >= 0.3 is 0 Å².